The Morgan fingerprint density at radius 3 is 2.62 bits per heavy atom. The smallest absolute Gasteiger partial charge is 0.243 e. The third-order valence-electron chi connectivity index (χ3n) is 4.21. The molecule has 0 radical (unpaired) electrons. The molecule has 1 N–H and O–H groups in total. The van der Waals surface area contributed by atoms with Crippen LogP contribution in [0.5, 0.6) is 0 Å². The van der Waals surface area contributed by atoms with E-state index in [0.717, 1.165) is 4.88 Å². The zero-order chi connectivity index (χ0) is 18.8. The van der Waals surface area contributed by atoms with E-state index in [1.54, 1.807) is 12.1 Å². The molecule has 2 heterocycles. The van der Waals surface area contributed by atoms with Crippen molar-refractivity contribution in [2.75, 3.05) is 25.1 Å². The fraction of sp³-hybridized carbons (Fsp3) is 0.389. The van der Waals surface area contributed by atoms with E-state index in [0.29, 0.717) is 31.9 Å². The largest absolute Gasteiger partial charge is 0.378 e. The van der Waals surface area contributed by atoms with E-state index in [4.69, 9.17) is 4.74 Å². The van der Waals surface area contributed by atoms with Crippen LogP contribution in [0.2, 0.25) is 0 Å². The first-order chi connectivity index (χ1) is 12.3. The van der Waals surface area contributed by atoms with Crippen molar-refractivity contribution in [3.63, 3.8) is 0 Å². The van der Waals surface area contributed by atoms with Gasteiger partial charge in [-0.05, 0) is 49.6 Å². The van der Waals surface area contributed by atoms with Crippen molar-refractivity contribution in [2.24, 2.45) is 0 Å². The van der Waals surface area contributed by atoms with Crippen LogP contribution < -0.4 is 5.32 Å². The third-order valence-corrected chi connectivity index (χ3v) is 7.21. The number of nitrogens with one attached hydrogen (secondary N) is 1. The standard InChI is InChI=1S/C18H22N2O4S2/c1-18(2)13-24-10-9-20(18)26(22,23)16-7-5-14(6-8-16)19-17(21)12-15-4-3-11-25-15/h3-8,11H,9-10,12-13H2,1-2H3,(H,19,21). The molecule has 26 heavy (non-hydrogen) atoms. The number of ether oxygens (including phenoxy) is 1. The van der Waals surface area contributed by atoms with Gasteiger partial charge in [0.1, 0.15) is 0 Å². The highest BCUT2D eigenvalue weighted by Gasteiger charge is 2.39. The quantitative estimate of drug-likeness (QED) is 0.846. The van der Waals surface area contributed by atoms with Crippen molar-refractivity contribution in [1.29, 1.82) is 0 Å². The number of amides is 1. The van der Waals surface area contributed by atoms with Gasteiger partial charge >= 0.3 is 0 Å². The van der Waals surface area contributed by atoms with Crippen molar-refractivity contribution in [2.45, 2.75) is 30.7 Å². The van der Waals surface area contributed by atoms with Crippen LogP contribution in [-0.2, 0) is 26.0 Å². The maximum Gasteiger partial charge on any atom is 0.243 e. The lowest BCUT2D eigenvalue weighted by atomic mass is 10.1. The van der Waals surface area contributed by atoms with Crippen LogP contribution in [0.15, 0.2) is 46.7 Å². The first kappa shape index (κ1) is 19.0. The minimum absolute atomic E-state index is 0.127. The van der Waals surface area contributed by atoms with Gasteiger partial charge in [0.15, 0.2) is 0 Å². The number of carbonyl (C=O) groups excluding carboxylic acids is 1. The first-order valence-electron chi connectivity index (χ1n) is 8.32. The van der Waals surface area contributed by atoms with Crippen LogP contribution in [0, 0.1) is 0 Å². The van der Waals surface area contributed by atoms with Crippen LogP contribution in [0.3, 0.4) is 0 Å². The van der Waals surface area contributed by atoms with Crippen molar-refractivity contribution in [3.05, 3.63) is 46.7 Å². The maximum atomic E-state index is 12.9. The number of hydrogen-bond donors (Lipinski definition) is 1. The number of morpholine rings is 1. The summed E-state index contributed by atoms with van der Waals surface area (Å²) in [6.07, 6.45) is 0.305. The van der Waals surface area contributed by atoms with Crippen molar-refractivity contribution in [3.8, 4) is 0 Å². The average Bonchev–Trinajstić information content (AvgIpc) is 3.07. The number of benzene rings is 1. The molecular weight excluding hydrogens is 372 g/mol. The molecule has 0 unspecified atom stereocenters. The molecule has 1 aliphatic rings. The van der Waals surface area contributed by atoms with Crippen LogP contribution in [0.25, 0.3) is 0 Å². The fourth-order valence-corrected chi connectivity index (χ4v) is 5.36. The molecule has 1 saturated heterocycles. The molecule has 1 fully saturated rings. The summed E-state index contributed by atoms with van der Waals surface area (Å²) >= 11 is 1.53. The van der Waals surface area contributed by atoms with Gasteiger partial charge < -0.3 is 10.1 Å². The van der Waals surface area contributed by atoms with Gasteiger partial charge in [0.05, 0.1) is 30.1 Å². The summed E-state index contributed by atoms with van der Waals surface area (Å²) < 4.78 is 32.7. The van der Waals surface area contributed by atoms with Crippen molar-refractivity contribution >= 4 is 33.0 Å². The van der Waals surface area contributed by atoms with E-state index in [9.17, 15) is 13.2 Å². The second kappa shape index (κ2) is 7.48. The highest BCUT2D eigenvalue weighted by Crippen LogP contribution is 2.28. The predicted molar refractivity (Wildman–Crippen MR) is 102 cm³/mol. The van der Waals surface area contributed by atoms with E-state index in [2.05, 4.69) is 5.32 Å². The van der Waals surface area contributed by atoms with Gasteiger partial charge in [-0.2, -0.15) is 4.31 Å². The molecule has 1 aromatic carbocycles. The van der Waals surface area contributed by atoms with Gasteiger partial charge in [0, 0.05) is 17.1 Å². The lowest BCUT2D eigenvalue weighted by molar-refractivity contribution is -0.115. The lowest BCUT2D eigenvalue weighted by Gasteiger charge is -2.40. The van der Waals surface area contributed by atoms with E-state index in [-0.39, 0.29) is 10.8 Å². The fourth-order valence-electron chi connectivity index (χ4n) is 2.90. The summed E-state index contributed by atoms with van der Waals surface area (Å²) in [4.78, 5) is 13.2. The Kier molecular flexibility index (Phi) is 5.47. The Bertz CT molecular complexity index is 859. The predicted octanol–water partition coefficient (Wildman–Crippen LogP) is 2.73. The number of anilines is 1. The van der Waals surface area contributed by atoms with Crippen LogP contribution in [0.4, 0.5) is 5.69 Å². The van der Waals surface area contributed by atoms with Gasteiger partial charge in [0.25, 0.3) is 0 Å². The number of thiophene rings is 1. The zero-order valence-corrected chi connectivity index (χ0v) is 16.4. The number of rotatable bonds is 5. The summed E-state index contributed by atoms with van der Waals surface area (Å²) in [6.45, 7) is 4.78. The van der Waals surface area contributed by atoms with Gasteiger partial charge in [-0.15, -0.1) is 11.3 Å². The molecule has 3 rings (SSSR count). The highest BCUT2D eigenvalue weighted by molar-refractivity contribution is 7.89. The molecule has 0 spiro atoms. The Morgan fingerprint density at radius 2 is 2.00 bits per heavy atom. The second-order valence-electron chi connectivity index (χ2n) is 6.77. The summed E-state index contributed by atoms with van der Waals surface area (Å²) in [6, 6.07) is 10.1. The molecular formula is C18H22N2O4S2. The molecule has 1 amide bonds. The number of hydrogen-bond acceptors (Lipinski definition) is 5. The topological polar surface area (TPSA) is 75.7 Å². The first-order valence-corrected chi connectivity index (χ1v) is 10.6. The minimum Gasteiger partial charge on any atom is -0.378 e. The molecule has 1 aromatic heterocycles. The maximum absolute atomic E-state index is 12.9. The Balaban J connectivity index is 1.71. The summed E-state index contributed by atoms with van der Waals surface area (Å²) in [5.74, 6) is -0.127. The molecule has 2 aromatic rings. The summed E-state index contributed by atoms with van der Waals surface area (Å²) in [7, 11) is -3.61. The van der Waals surface area contributed by atoms with Crippen LogP contribution in [-0.4, -0.2) is 43.9 Å². The molecule has 8 heteroatoms. The second-order valence-corrected chi connectivity index (χ2v) is 9.67. The normalized spacial score (nSPS) is 17.8. The van der Waals surface area contributed by atoms with E-state index in [1.807, 2.05) is 31.4 Å². The van der Waals surface area contributed by atoms with Gasteiger partial charge in [-0.1, -0.05) is 6.07 Å². The van der Waals surface area contributed by atoms with E-state index >= 15 is 0 Å². The van der Waals surface area contributed by atoms with Gasteiger partial charge in [0.2, 0.25) is 15.9 Å². The van der Waals surface area contributed by atoms with E-state index in [1.165, 1.54) is 27.8 Å². The summed E-state index contributed by atoms with van der Waals surface area (Å²) in [5, 5.41) is 4.72. The van der Waals surface area contributed by atoms with Gasteiger partial charge in [-0.25, -0.2) is 8.42 Å². The molecule has 0 atom stereocenters. The Morgan fingerprint density at radius 1 is 1.27 bits per heavy atom. The molecule has 0 bridgehead atoms. The van der Waals surface area contributed by atoms with E-state index < -0.39 is 15.6 Å². The monoisotopic (exact) mass is 394 g/mol. The Labute approximate surface area is 157 Å². The summed E-state index contributed by atoms with van der Waals surface area (Å²) in [5.41, 5.74) is -0.0169. The lowest BCUT2D eigenvalue weighted by Crippen LogP contribution is -2.55. The number of carbonyl (C=O) groups is 1. The number of sulfonamides is 1. The number of nitrogens with zero attached hydrogens (tertiary/aromatic N) is 1. The van der Waals surface area contributed by atoms with Crippen LogP contribution in [0.1, 0.15) is 18.7 Å². The SMILES string of the molecule is CC1(C)COCCN1S(=O)(=O)c1ccc(NC(=O)Cc2cccs2)cc1. The molecule has 1 aliphatic heterocycles. The molecule has 6 nitrogen and oxygen atoms in total. The zero-order valence-electron chi connectivity index (χ0n) is 14.8. The minimum atomic E-state index is -3.61. The molecule has 140 valence electrons. The Hall–Kier alpha value is -1.74. The third kappa shape index (κ3) is 4.15. The van der Waals surface area contributed by atoms with Crippen molar-refractivity contribution < 1.29 is 17.9 Å². The highest BCUT2D eigenvalue weighted by atomic mass is 32.2. The van der Waals surface area contributed by atoms with Gasteiger partial charge in [-0.3, -0.25) is 4.79 Å². The molecule has 0 saturated carbocycles. The average molecular weight is 395 g/mol. The van der Waals surface area contributed by atoms with Crippen LogP contribution >= 0.6 is 11.3 Å². The molecule has 0 aliphatic carbocycles. The van der Waals surface area contributed by atoms with Crippen molar-refractivity contribution in [1.82, 2.24) is 4.31 Å².